The van der Waals surface area contributed by atoms with Gasteiger partial charge >= 0.3 is 0 Å². The molecule has 1 heterocycles. The molecule has 0 spiro atoms. The van der Waals surface area contributed by atoms with Crippen LogP contribution in [-0.4, -0.2) is 49.2 Å². The van der Waals surface area contributed by atoms with Crippen LogP contribution in [0.3, 0.4) is 0 Å². The van der Waals surface area contributed by atoms with E-state index in [0.29, 0.717) is 31.6 Å². The number of carbonyl (C=O) groups is 1. The molecule has 0 atom stereocenters. The van der Waals surface area contributed by atoms with Gasteiger partial charge in [0.25, 0.3) is 0 Å². The first-order chi connectivity index (χ1) is 10.0. The van der Waals surface area contributed by atoms with Crippen LogP contribution in [0.15, 0.2) is 12.4 Å². The third-order valence-corrected chi connectivity index (χ3v) is 2.72. The standard InChI is InChI=1S/C14H25N5O2/c1-11(2)9-19(10-13(15)20)14-17-7-12(8-18-14)6-16-4-5-21-3/h7-8,11,16H,4-6,9-10H2,1-3H3,(H2,15,20). The molecule has 118 valence electrons. The summed E-state index contributed by atoms with van der Waals surface area (Å²) in [6.07, 6.45) is 3.52. The van der Waals surface area contributed by atoms with Crippen molar-refractivity contribution < 1.29 is 9.53 Å². The number of aromatic nitrogens is 2. The second-order valence-corrected chi connectivity index (χ2v) is 5.30. The molecule has 0 aromatic carbocycles. The van der Waals surface area contributed by atoms with Gasteiger partial charge in [-0.1, -0.05) is 13.8 Å². The average molecular weight is 295 g/mol. The maximum absolute atomic E-state index is 11.1. The first-order valence-electron chi connectivity index (χ1n) is 7.06. The molecule has 21 heavy (non-hydrogen) atoms. The minimum Gasteiger partial charge on any atom is -0.383 e. The van der Waals surface area contributed by atoms with Crippen LogP contribution in [0.4, 0.5) is 5.95 Å². The van der Waals surface area contributed by atoms with Crippen molar-refractivity contribution in [2.45, 2.75) is 20.4 Å². The first kappa shape index (κ1) is 17.3. The lowest BCUT2D eigenvalue weighted by molar-refractivity contribution is -0.116. The van der Waals surface area contributed by atoms with Crippen LogP contribution in [-0.2, 0) is 16.1 Å². The molecule has 1 aromatic heterocycles. The zero-order valence-corrected chi connectivity index (χ0v) is 13.0. The highest BCUT2D eigenvalue weighted by Gasteiger charge is 2.13. The van der Waals surface area contributed by atoms with Gasteiger partial charge in [0.1, 0.15) is 0 Å². The van der Waals surface area contributed by atoms with Crippen molar-refractivity contribution in [1.82, 2.24) is 15.3 Å². The summed E-state index contributed by atoms with van der Waals surface area (Å²) < 4.78 is 4.96. The van der Waals surface area contributed by atoms with E-state index in [9.17, 15) is 4.79 Å². The predicted octanol–water partition coefficient (Wildman–Crippen LogP) is 0.160. The summed E-state index contributed by atoms with van der Waals surface area (Å²) in [5.41, 5.74) is 6.26. The molecule has 0 aliphatic rings. The molecule has 0 unspecified atom stereocenters. The number of hydrogen-bond acceptors (Lipinski definition) is 6. The highest BCUT2D eigenvalue weighted by molar-refractivity contribution is 5.78. The highest BCUT2D eigenvalue weighted by Crippen LogP contribution is 2.09. The van der Waals surface area contributed by atoms with E-state index in [1.54, 1.807) is 24.4 Å². The van der Waals surface area contributed by atoms with Crippen molar-refractivity contribution in [2.75, 3.05) is 38.3 Å². The summed E-state index contributed by atoms with van der Waals surface area (Å²) in [6, 6.07) is 0. The third kappa shape index (κ3) is 7.01. The van der Waals surface area contributed by atoms with Crippen LogP contribution in [0.1, 0.15) is 19.4 Å². The molecule has 0 aliphatic carbocycles. The Bertz CT molecular complexity index is 422. The summed E-state index contributed by atoms with van der Waals surface area (Å²) in [6.45, 7) is 7.09. The lowest BCUT2D eigenvalue weighted by Gasteiger charge is -2.22. The van der Waals surface area contributed by atoms with Crippen molar-refractivity contribution in [1.29, 1.82) is 0 Å². The van der Waals surface area contributed by atoms with E-state index in [4.69, 9.17) is 10.5 Å². The Morgan fingerprint density at radius 3 is 2.62 bits per heavy atom. The van der Waals surface area contributed by atoms with E-state index in [2.05, 4.69) is 29.1 Å². The fourth-order valence-corrected chi connectivity index (χ4v) is 1.86. The number of nitrogens with one attached hydrogen (secondary N) is 1. The number of nitrogens with zero attached hydrogens (tertiary/aromatic N) is 3. The Labute approximate surface area is 125 Å². The van der Waals surface area contributed by atoms with Gasteiger partial charge in [-0.05, 0) is 5.92 Å². The Kier molecular flexibility index (Phi) is 7.63. The van der Waals surface area contributed by atoms with Gasteiger partial charge < -0.3 is 20.7 Å². The zero-order chi connectivity index (χ0) is 15.7. The third-order valence-electron chi connectivity index (χ3n) is 2.72. The number of hydrogen-bond donors (Lipinski definition) is 2. The van der Waals surface area contributed by atoms with Gasteiger partial charge in [0.15, 0.2) is 0 Å². The fourth-order valence-electron chi connectivity index (χ4n) is 1.86. The minimum atomic E-state index is -0.385. The van der Waals surface area contributed by atoms with E-state index in [-0.39, 0.29) is 12.5 Å². The summed E-state index contributed by atoms with van der Waals surface area (Å²) in [7, 11) is 1.67. The lowest BCUT2D eigenvalue weighted by Crippen LogP contribution is -2.37. The Morgan fingerprint density at radius 1 is 1.43 bits per heavy atom. The number of ether oxygens (including phenoxy) is 1. The second kappa shape index (κ2) is 9.25. The van der Waals surface area contributed by atoms with E-state index in [1.165, 1.54) is 0 Å². The molecule has 0 saturated heterocycles. The Morgan fingerprint density at radius 2 is 2.10 bits per heavy atom. The molecule has 0 radical (unpaired) electrons. The van der Waals surface area contributed by atoms with Crippen molar-refractivity contribution in [2.24, 2.45) is 11.7 Å². The topological polar surface area (TPSA) is 93.4 Å². The van der Waals surface area contributed by atoms with Gasteiger partial charge in [-0.2, -0.15) is 0 Å². The highest BCUT2D eigenvalue weighted by atomic mass is 16.5. The molecule has 1 amide bonds. The quantitative estimate of drug-likeness (QED) is 0.597. The zero-order valence-electron chi connectivity index (χ0n) is 13.0. The van der Waals surface area contributed by atoms with Crippen LogP contribution >= 0.6 is 0 Å². The van der Waals surface area contributed by atoms with Crippen molar-refractivity contribution >= 4 is 11.9 Å². The Balaban J connectivity index is 2.61. The first-order valence-corrected chi connectivity index (χ1v) is 7.06. The lowest BCUT2D eigenvalue weighted by atomic mass is 10.2. The predicted molar refractivity (Wildman–Crippen MR) is 81.9 cm³/mol. The SMILES string of the molecule is COCCNCc1cnc(N(CC(N)=O)CC(C)C)nc1. The van der Waals surface area contributed by atoms with E-state index in [1.807, 2.05) is 0 Å². The normalized spacial score (nSPS) is 10.9. The maximum atomic E-state index is 11.1. The van der Waals surface area contributed by atoms with Crippen LogP contribution in [0.5, 0.6) is 0 Å². The number of carbonyl (C=O) groups excluding carboxylic acids is 1. The van der Waals surface area contributed by atoms with Gasteiger partial charge in [-0.25, -0.2) is 9.97 Å². The van der Waals surface area contributed by atoms with Crippen LogP contribution in [0.25, 0.3) is 0 Å². The van der Waals surface area contributed by atoms with E-state index in [0.717, 1.165) is 12.1 Å². The summed E-state index contributed by atoms with van der Waals surface area (Å²) >= 11 is 0. The van der Waals surface area contributed by atoms with Crippen molar-refractivity contribution in [3.05, 3.63) is 18.0 Å². The van der Waals surface area contributed by atoms with Gasteiger partial charge in [0.2, 0.25) is 11.9 Å². The van der Waals surface area contributed by atoms with Crippen LogP contribution in [0, 0.1) is 5.92 Å². The monoisotopic (exact) mass is 295 g/mol. The maximum Gasteiger partial charge on any atom is 0.237 e. The van der Waals surface area contributed by atoms with Gasteiger partial charge in [0.05, 0.1) is 13.2 Å². The number of nitrogens with two attached hydrogens (primary N) is 1. The molecule has 7 heteroatoms. The van der Waals surface area contributed by atoms with Crippen LogP contribution in [0.2, 0.25) is 0 Å². The van der Waals surface area contributed by atoms with E-state index >= 15 is 0 Å². The number of anilines is 1. The van der Waals surface area contributed by atoms with Gasteiger partial charge in [0, 0.05) is 44.7 Å². The van der Waals surface area contributed by atoms with Gasteiger partial charge in [-0.15, -0.1) is 0 Å². The summed E-state index contributed by atoms with van der Waals surface area (Å²) in [5, 5.41) is 3.22. The number of amides is 1. The molecule has 3 N–H and O–H groups in total. The molecule has 0 bridgehead atoms. The Hall–Kier alpha value is -1.73. The summed E-state index contributed by atoms with van der Waals surface area (Å²) in [5.74, 6) is 0.538. The molecule has 1 aromatic rings. The van der Waals surface area contributed by atoms with Crippen LogP contribution < -0.4 is 16.0 Å². The molecular weight excluding hydrogens is 270 g/mol. The van der Waals surface area contributed by atoms with E-state index < -0.39 is 0 Å². The smallest absolute Gasteiger partial charge is 0.237 e. The number of methoxy groups -OCH3 is 1. The average Bonchev–Trinajstić information content (AvgIpc) is 2.42. The molecule has 0 saturated carbocycles. The summed E-state index contributed by atoms with van der Waals surface area (Å²) in [4.78, 5) is 21.6. The van der Waals surface area contributed by atoms with Crippen molar-refractivity contribution in [3.63, 3.8) is 0 Å². The fraction of sp³-hybridized carbons (Fsp3) is 0.643. The molecular formula is C14H25N5O2. The minimum absolute atomic E-state index is 0.129. The molecule has 0 aliphatic heterocycles. The number of primary amides is 1. The molecule has 7 nitrogen and oxygen atoms in total. The largest absolute Gasteiger partial charge is 0.383 e. The van der Waals surface area contributed by atoms with Crippen molar-refractivity contribution in [3.8, 4) is 0 Å². The molecule has 0 fully saturated rings. The number of rotatable bonds is 10. The second-order valence-electron chi connectivity index (χ2n) is 5.30. The molecule has 1 rings (SSSR count). The van der Waals surface area contributed by atoms with Gasteiger partial charge in [-0.3, -0.25) is 4.79 Å².